The van der Waals surface area contributed by atoms with Crippen LogP contribution in [0.3, 0.4) is 0 Å². The first-order valence-corrected chi connectivity index (χ1v) is 13.6. The third kappa shape index (κ3) is 5.56. The van der Waals surface area contributed by atoms with Gasteiger partial charge in [0, 0.05) is 5.69 Å². The molecule has 0 heterocycles. The third-order valence-electron chi connectivity index (χ3n) is 6.71. The van der Waals surface area contributed by atoms with Gasteiger partial charge >= 0.3 is 6.03 Å². The minimum Gasteiger partial charge on any atom is -0.331 e. The van der Waals surface area contributed by atoms with Gasteiger partial charge in [-0.05, 0) is 79.8 Å². The molecule has 2 N–H and O–H groups in total. The number of carbonyl (C=O) groups is 1. The molecule has 33 heavy (non-hydrogen) atoms. The van der Waals surface area contributed by atoms with E-state index in [4.69, 9.17) is 23.2 Å². The summed E-state index contributed by atoms with van der Waals surface area (Å²) in [7, 11) is -3.44. The molecule has 5 nitrogen and oxygen atoms in total. The van der Waals surface area contributed by atoms with Crippen LogP contribution in [-0.4, -0.2) is 20.2 Å². The molecule has 3 aliphatic rings. The van der Waals surface area contributed by atoms with Gasteiger partial charge in [0.05, 0.1) is 26.7 Å². The van der Waals surface area contributed by atoms with Gasteiger partial charge in [0.15, 0.2) is 9.84 Å². The Morgan fingerprint density at radius 2 is 1.82 bits per heavy atom. The molecule has 0 saturated heterocycles. The Bertz CT molecular complexity index is 1170. The standard InChI is InChI=1S/C25H28Cl2N2O3S/c1-15-10-18(11-17-12-19(15)13-17)14-33(31,32)21-8-6-20(7-9-21)29-25(30)28-16(2)22-4-3-5-23(26)24(22)27/h3-10,15-17,19H,11-14H2,1-2H3,(H2,28,29,30). The Labute approximate surface area is 205 Å². The summed E-state index contributed by atoms with van der Waals surface area (Å²) >= 11 is 12.3. The second-order valence-electron chi connectivity index (χ2n) is 9.23. The average molecular weight is 507 g/mol. The molecule has 176 valence electrons. The highest BCUT2D eigenvalue weighted by Crippen LogP contribution is 2.46. The number of fused-ring (bicyclic) bond motifs is 2. The Morgan fingerprint density at radius 3 is 2.52 bits per heavy atom. The largest absolute Gasteiger partial charge is 0.331 e. The average Bonchev–Trinajstić information content (AvgIpc) is 2.96. The van der Waals surface area contributed by atoms with Crippen molar-refractivity contribution in [3.63, 3.8) is 0 Å². The van der Waals surface area contributed by atoms with Crippen molar-refractivity contribution in [2.45, 2.75) is 44.0 Å². The zero-order valence-electron chi connectivity index (χ0n) is 18.6. The number of allylic oxidation sites excluding steroid dienone is 1. The lowest BCUT2D eigenvalue weighted by molar-refractivity contribution is 0.165. The van der Waals surface area contributed by atoms with Crippen molar-refractivity contribution in [2.24, 2.45) is 17.8 Å². The van der Waals surface area contributed by atoms with Gasteiger partial charge in [-0.25, -0.2) is 13.2 Å². The second kappa shape index (κ2) is 9.69. The molecule has 2 unspecified atom stereocenters. The molecule has 2 aromatic carbocycles. The van der Waals surface area contributed by atoms with Gasteiger partial charge in [-0.2, -0.15) is 0 Å². The smallest absolute Gasteiger partial charge is 0.319 e. The number of nitrogens with one attached hydrogen (secondary N) is 2. The number of carbonyl (C=O) groups excluding carboxylic acids is 1. The monoisotopic (exact) mass is 506 g/mol. The van der Waals surface area contributed by atoms with Crippen LogP contribution in [0.2, 0.25) is 10.0 Å². The molecule has 0 aliphatic heterocycles. The quantitative estimate of drug-likeness (QED) is 0.431. The number of rotatable bonds is 6. The molecule has 3 aliphatic carbocycles. The summed E-state index contributed by atoms with van der Waals surface area (Å²) < 4.78 is 25.9. The molecule has 1 saturated carbocycles. The van der Waals surface area contributed by atoms with Gasteiger partial charge in [0.2, 0.25) is 0 Å². The van der Waals surface area contributed by atoms with Gasteiger partial charge in [0.1, 0.15) is 0 Å². The molecular formula is C25H28Cl2N2O3S. The van der Waals surface area contributed by atoms with Crippen LogP contribution < -0.4 is 10.6 Å². The fourth-order valence-corrected chi connectivity index (χ4v) is 6.70. The lowest BCUT2D eigenvalue weighted by Gasteiger charge is -2.35. The predicted octanol–water partition coefficient (Wildman–Crippen LogP) is 6.64. The number of urea groups is 1. The van der Waals surface area contributed by atoms with Crippen molar-refractivity contribution in [3.8, 4) is 0 Å². The lowest BCUT2D eigenvalue weighted by Crippen LogP contribution is -2.31. The Hall–Kier alpha value is -2.02. The van der Waals surface area contributed by atoms with Crippen LogP contribution in [0.15, 0.2) is 59.0 Å². The zero-order chi connectivity index (χ0) is 23.8. The van der Waals surface area contributed by atoms with Gasteiger partial charge in [-0.3, -0.25) is 0 Å². The fraction of sp³-hybridized carbons (Fsp3) is 0.400. The molecular weight excluding hydrogens is 479 g/mol. The summed E-state index contributed by atoms with van der Waals surface area (Å²) in [5.41, 5.74) is 2.24. The maximum Gasteiger partial charge on any atom is 0.319 e. The Kier molecular flexibility index (Phi) is 7.08. The number of hydrogen-bond acceptors (Lipinski definition) is 3. The van der Waals surface area contributed by atoms with Crippen LogP contribution in [0.4, 0.5) is 10.5 Å². The van der Waals surface area contributed by atoms with E-state index in [2.05, 4.69) is 23.6 Å². The molecule has 1 fully saturated rings. The van der Waals surface area contributed by atoms with Crippen molar-refractivity contribution in [2.75, 3.05) is 11.1 Å². The first-order valence-electron chi connectivity index (χ1n) is 11.2. The number of hydrogen-bond donors (Lipinski definition) is 2. The highest BCUT2D eigenvalue weighted by molar-refractivity contribution is 7.91. The van der Waals surface area contributed by atoms with Crippen molar-refractivity contribution in [1.82, 2.24) is 5.32 Å². The van der Waals surface area contributed by atoms with Crippen LogP contribution in [-0.2, 0) is 9.84 Å². The van der Waals surface area contributed by atoms with Gasteiger partial charge in [-0.15, -0.1) is 0 Å². The van der Waals surface area contributed by atoms with E-state index in [9.17, 15) is 13.2 Å². The van der Waals surface area contributed by atoms with E-state index >= 15 is 0 Å². The van der Waals surface area contributed by atoms with Crippen molar-refractivity contribution in [3.05, 3.63) is 69.7 Å². The van der Waals surface area contributed by atoms with Gasteiger partial charge in [-0.1, -0.05) is 53.9 Å². The van der Waals surface area contributed by atoms with E-state index in [1.54, 1.807) is 49.4 Å². The normalized spacial score (nSPS) is 23.0. The summed E-state index contributed by atoms with van der Waals surface area (Å²) in [6.07, 6.45) is 5.48. The minimum atomic E-state index is -3.44. The number of halogens is 2. The minimum absolute atomic E-state index is 0.0612. The van der Waals surface area contributed by atoms with Gasteiger partial charge < -0.3 is 10.6 Å². The topological polar surface area (TPSA) is 75.3 Å². The van der Waals surface area contributed by atoms with E-state index in [-0.39, 0.29) is 16.7 Å². The lowest BCUT2D eigenvalue weighted by atomic mass is 9.70. The van der Waals surface area contributed by atoms with Crippen molar-refractivity contribution < 1.29 is 13.2 Å². The maximum atomic E-state index is 13.0. The molecule has 2 aromatic rings. The molecule has 2 amide bonds. The molecule has 0 aromatic heterocycles. The number of sulfone groups is 1. The van der Waals surface area contributed by atoms with E-state index < -0.39 is 15.9 Å². The number of benzene rings is 2. The van der Waals surface area contributed by atoms with Crippen LogP contribution in [0.5, 0.6) is 0 Å². The van der Waals surface area contributed by atoms with E-state index in [1.807, 2.05) is 0 Å². The van der Waals surface area contributed by atoms with Gasteiger partial charge in [0.25, 0.3) is 0 Å². The molecule has 8 heteroatoms. The third-order valence-corrected chi connectivity index (χ3v) is 9.28. The summed E-state index contributed by atoms with van der Waals surface area (Å²) in [5.74, 6) is 1.86. The van der Waals surface area contributed by atoms with Crippen molar-refractivity contribution >= 4 is 44.8 Å². The van der Waals surface area contributed by atoms with Crippen LogP contribution >= 0.6 is 23.2 Å². The molecule has 2 atom stereocenters. The summed E-state index contributed by atoms with van der Waals surface area (Å²) in [4.78, 5) is 12.7. The summed E-state index contributed by atoms with van der Waals surface area (Å²) in [5, 5.41) is 6.36. The predicted molar refractivity (Wildman–Crippen MR) is 134 cm³/mol. The Morgan fingerprint density at radius 1 is 1.12 bits per heavy atom. The highest BCUT2D eigenvalue weighted by atomic mass is 35.5. The number of anilines is 1. The Balaban J connectivity index is 1.37. The fourth-order valence-electron chi connectivity index (χ4n) is 4.81. The van der Waals surface area contributed by atoms with Crippen LogP contribution in [0, 0.1) is 17.8 Å². The van der Waals surface area contributed by atoms with E-state index in [1.165, 1.54) is 12.8 Å². The first kappa shape index (κ1) is 24.1. The van der Waals surface area contributed by atoms with Crippen LogP contribution in [0.1, 0.15) is 44.7 Å². The van der Waals surface area contributed by atoms with E-state index in [0.29, 0.717) is 39.0 Å². The second-order valence-corrected chi connectivity index (χ2v) is 12.0. The zero-order valence-corrected chi connectivity index (χ0v) is 21.0. The molecule has 0 radical (unpaired) electrons. The maximum absolute atomic E-state index is 13.0. The molecule has 0 spiro atoms. The highest BCUT2D eigenvalue weighted by Gasteiger charge is 2.36. The van der Waals surface area contributed by atoms with Crippen molar-refractivity contribution in [1.29, 1.82) is 0 Å². The SMILES string of the molecule is CC(NC(=O)Nc1ccc(S(=O)(=O)CC2=CC(C)C3CC(C2)C3)cc1)c1cccc(Cl)c1Cl. The molecule has 5 rings (SSSR count). The summed E-state index contributed by atoms with van der Waals surface area (Å²) in [6, 6.07) is 10.8. The molecule has 2 bridgehead atoms. The van der Waals surface area contributed by atoms with E-state index in [0.717, 1.165) is 12.0 Å². The summed E-state index contributed by atoms with van der Waals surface area (Å²) in [6.45, 7) is 3.99. The number of amides is 2. The van der Waals surface area contributed by atoms with Crippen LogP contribution in [0.25, 0.3) is 0 Å². The first-order chi connectivity index (χ1) is 15.6.